The maximum absolute atomic E-state index is 5.36. The van der Waals surface area contributed by atoms with Gasteiger partial charge in [0.25, 0.3) is 0 Å². The third kappa shape index (κ3) is 4.42. The molecule has 0 radical (unpaired) electrons. The van der Waals surface area contributed by atoms with Crippen molar-refractivity contribution in [3.8, 4) is 5.75 Å². The highest BCUT2D eigenvalue weighted by Crippen LogP contribution is 2.38. The molecule has 4 aromatic rings. The SMILES string of the molecule is COc1cccc(CCNc2nc(Cc3ccccc3)nc3sc4c(c23)CCCC4)c1. The van der Waals surface area contributed by atoms with E-state index in [1.165, 1.54) is 46.2 Å². The summed E-state index contributed by atoms with van der Waals surface area (Å²) >= 11 is 1.87. The molecule has 1 aliphatic rings. The zero-order valence-electron chi connectivity index (χ0n) is 17.9. The molecule has 0 saturated carbocycles. The van der Waals surface area contributed by atoms with E-state index in [9.17, 15) is 0 Å². The number of rotatable bonds is 7. The molecule has 1 aliphatic carbocycles. The van der Waals surface area contributed by atoms with Crippen LogP contribution < -0.4 is 10.1 Å². The lowest BCUT2D eigenvalue weighted by atomic mass is 9.97. The van der Waals surface area contributed by atoms with Gasteiger partial charge < -0.3 is 10.1 Å². The Hall–Kier alpha value is -2.92. The van der Waals surface area contributed by atoms with Gasteiger partial charge in [0.05, 0.1) is 12.5 Å². The van der Waals surface area contributed by atoms with E-state index in [4.69, 9.17) is 14.7 Å². The number of fused-ring (bicyclic) bond motifs is 3. The van der Waals surface area contributed by atoms with Gasteiger partial charge in [-0.1, -0.05) is 42.5 Å². The van der Waals surface area contributed by atoms with E-state index < -0.39 is 0 Å². The minimum Gasteiger partial charge on any atom is -0.497 e. The highest BCUT2D eigenvalue weighted by molar-refractivity contribution is 7.19. The number of nitrogens with zero attached hydrogens (tertiary/aromatic N) is 2. The van der Waals surface area contributed by atoms with Crippen LogP contribution in [-0.4, -0.2) is 23.6 Å². The quantitative estimate of drug-likeness (QED) is 0.402. The molecular weight excluding hydrogens is 402 g/mol. The fourth-order valence-electron chi connectivity index (χ4n) is 4.34. The molecule has 0 amide bonds. The first-order valence-corrected chi connectivity index (χ1v) is 11.8. The Bertz CT molecular complexity index is 1190. The molecule has 1 N–H and O–H groups in total. The van der Waals surface area contributed by atoms with E-state index in [0.717, 1.165) is 48.0 Å². The fraction of sp³-hybridized carbons (Fsp3) is 0.308. The largest absolute Gasteiger partial charge is 0.497 e. The summed E-state index contributed by atoms with van der Waals surface area (Å²) in [6.07, 6.45) is 6.53. The first-order valence-electron chi connectivity index (χ1n) is 11.0. The average Bonchev–Trinajstić information content (AvgIpc) is 3.18. The van der Waals surface area contributed by atoms with Crippen LogP contribution >= 0.6 is 11.3 Å². The number of methoxy groups -OCH3 is 1. The first kappa shape index (κ1) is 20.0. The van der Waals surface area contributed by atoms with Crippen LogP contribution in [0.5, 0.6) is 5.75 Å². The molecule has 5 rings (SSSR count). The molecule has 5 heteroatoms. The normalized spacial score (nSPS) is 13.2. The molecule has 2 aromatic heterocycles. The molecule has 2 heterocycles. The molecule has 0 atom stereocenters. The van der Waals surface area contributed by atoms with Crippen molar-refractivity contribution < 1.29 is 4.74 Å². The molecule has 31 heavy (non-hydrogen) atoms. The van der Waals surface area contributed by atoms with Crippen molar-refractivity contribution in [2.45, 2.75) is 38.5 Å². The summed E-state index contributed by atoms with van der Waals surface area (Å²) in [7, 11) is 1.71. The number of hydrogen-bond acceptors (Lipinski definition) is 5. The number of benzene rings is 2. The Morgan fingerprint density at radius 1 is 0.968 bits per heavy atom. The van der Waals surface area contributed by atoms with E-state index in [0.29, 0.717) is 0 Å². The molecule has 0 saturated heterocycles. The van der Waals surface area contributed by atoms with Gasteiger partial charge in [0.15, 0.2) is 0 Å². The molecule has 4 nitrogen and oxygen atoms in total. The Balaban J connectivity index is 1.44. The van der Waals surface area contributed by atoms with Crippen molar-refractivity contribution in [1.29, 1.82) is 0 Å². The predicted octanol–water partition coefficient (Wildman–Crippen LogP) is 5.82. The second-order valence-electron chi connectivity index (χ2n) is 8.07. The zero-order chi connectivity index (χ0) is 21.0. The van der Waals surface area contributed by atoms with Crippen LogP contribution in [0.3, 0.4) is 0 Å². The summed E-state index contributed by atoms with van der Waals surface area (Å²) in [5.41, 5.74) is 3.97. The fourth-order valence-corrected chi connectivity index (χ4v) is 5.62. The monoisotopic (exact) mass is 429 g/mol. The minimum atomic E-state index is 0.754. The van der Waals surface area contributed by atoms with Gasteiger partial charge in [-0.05, 0) is 60.9 Å². The summed E-state index contributed by atoms with van der Waals surface area (Å²) in [5.74, 6) is 2.79. The van der Waals surface area contributed by atoms with Crippen LogP contribution in [0.25, 0.3) is 10.2 Å². The van der Waals surface area contributed by atoms with E-state index >= 15 is 0 Å². The average molecular weight is 430 g/mol. The van der Waals surface area contributed by atoms with Gasteiger partial charge in [-0.3, -0.25) is 0 Å². The standard InChI is InChI=1S/C26H27N3OS/c1-30-20-11-7-10-19(16-20)14-15-27-25-24-21-12-5-6-13-22(21)31-26(24)29-23(28-25)17-18-8-3-2-4-9-18/h2-4,7-11,16H,5-6,12-15,17H2,1H3,(H,27,28,29). The van der Waals surface area contributed by atoms with Gasteiger partial charge in [-0.25, -0.2) is 9.97 Å². The van der Waals surface area contributed by atoms with E-state index in [-0.39, 0.29) is 0 Å². The Kier molecular flexibility index (Phi) is 5.85. The Morgan fingerprint density at radius 3 is 2.68 bits per heavy atom. The van der Waals surface area contributed by atoms with Gasteiger partial charge in [0.2, 0.25) is 0 Å². The topological polar surface area (TPSA) is 47.0 Å². The highest BCUT2D eigenvalue weighted by Gasteiger charge is 2.21. The van der Waals surface area contributed by atoms with Crippen molar-refractivity contribution in [3.05, 3.63) is 82.0 Å². The molecular formula is C26H27N3OS. The molecule has 0 unspecified atom stereocenters. The van der Waals surface area contributed by atoms with Gasteiger partial charge in [0, 0.05) is 17.8 Å². The van der Waals surface area contributed by atoms with Crippen molar-refractivity contribution in [2.75, 3.05) is 19.0 Å². The summed E-state index contributed by atoms with van der Waals surface area (Å²) in [6, 6.07) is 18.8. The van der Waals surface area contributed by atoms with Crippen molar-refractivity contribution in [1.82, 2.24) is 9.97 Å². The molecule has 2 aromatic carbocycles. The second kappa shape index (κ2) is 9.06. The Morgan fingerprint density at radius 2 is 1.81 bits per heavy atom. The first-order chi connectivity index (χ1) is 15.3. The summed E-state index contributed by atoms with van der Waals surface area (Å²) in [5, 5.41) is 4.90. The maximum Gasteiger partial charge on any atom is 0.138 e. The van der Waals surface area contributed by atoms with E-state index in [1.54, 1.807) is 7.11 Å². The molecule has 0 bridgehead atoms. The third-order valence-corrected chi connectivity index (χ3v) is 7.09. The van der Waals surface area contributed by atoms with Crippen molar-refractivity contribution >= 4 is 27.4 Å². The van der Waals surface area contributed by atoms with Crippen molar-refractivity contribution in [3.63, 3.8) is 0 Å². The van der Waals surface area contributed by atoms with E-state index in [2.05, 4.69) is 41.7 Å². The number of hydrogen-bond donors (Lipinski definition) is 1. The van der Waals surface area contributed by atoms with Crippen LogP contribution in [0, 0.1) is 0 Å². The third-order valence-electron chi connectivity index (χ3n) is 5.91. The number of ether oxygens (including phenoxy) is 1. The van der Waals surface area contributed by atoms with Crippen LogP contribution in [-0.2, 0) is 25.7 Å². The highest BCUT2D eigenvalue weighted by atomic mass is 32.1. The van der Waals surface area contributed by atoms with Crippen LogP contribution in [0.4, 0.5) is 5.82 Å². The molecule has 0 spiro atoms. The number of thiophene rings is 1. The van der Waals surface area contributed by atoms with Crippen LogP contribution in [0.1, 0.15) is 40.2 Å². The minimum absolute atomic E-state index is 0.754. The second-order valence-corrected chi connectivity index (χ2v) is 9.15. The maximum atomic E-state index is 5.36. The Labute approximate surface area is 187 Å². The number of aryl methyl sites for hydroxylation is 2. The number of aromatic nitrogens is 2. The molecule has 0 fully saturated rings. The van der Waals surface area contributed by atoms with Gasteiger partial charge in [-0.2, -0.15) is 0 Å². The lowest BCUT2D eigenvalue weighted by Gasteiger charge is -2.13. The number of anilines is 1. The summed E-state index contributed by atoms with van der Waals surface area (Å²) < 4.78 is 5.36. The van der Waals surface area contributed by atoms with Gasteiger partial charge >= 0.3 is 0 Å². The lowest BCUT2D eigenvalue weighted by molar-refractivity contribution is 0.414. The van der Waals surface area contributed by atoms with E-state index in [1.807, 2.05) is 29.5 Å². The van der Waals surface area contributed by atoms with Gasteiger partial charge in [0.1, 0.15) is 22.2 Å². The van der Waals surface area contributed by atoms with Crippen molar-refractivity contribution in [2.24, 2.45) is 0 Å². The van der Waals surface area contributed by atoms with Crippen LogP contribution in [0.2, 0.25) is 0 Å². The summed E-state index contributed by atoms with van der Waals surface area (Å²) in [4.78, 5) is 12.6. The van der Waals surface area contributed by atoms with Crippen LogP contribution in [0.15, 0.2) is 54.6 Å². The molecule has 158 valence electrons. The summed E-state index contributed by atoms with van der Waals surface area (Å²) in [6.45, 7) is 0.828. The van der Waals surface area contributed by atoms with Gasteiger partial charge in [-0.15, -0.1) is 11.3 Å². The number of nitrogens with one attached hydrogen (secondary N) is 1. The smallest absolute Gasteiger partial charge is 0.138 e. The lowest BCUT2D eigenvalue weighted by Crippen LogP contribution is -2.10. The zero-order valence-corrected chi connectivity index (χ0v) is 18.7. The molecule has 0 aliphatic heterocycles. The predicted molar refractivity (Wildman–Crippen MR) is 128 cm³/mol.